The van der Waals surface area contributed by atoms with Crippen molar-refractivity contribution in [2.75, 3.05) is 6.54 Å². The Kier molecular flexibility index (Phi) is 10.4. The standard InChI is InChI=1S/C7H16N2O.C2H2O4/c1-3-6(2)9-5-4-7(8)10;3-1(4)2(5)6/h6,9H,3-5H2,1-2H3,(H2,8,10);(H,3,4)(H,5,6). The summed E-state index contributed by atoms with van der Waals surface area (Å²) in [5.41, 5.74) is 4.94. The molecule has 0 aliphatic heterocycles. The Morgan fingerprint density at radius 2 is 1.69 bits per heavy atom. The smallest absolute Gasteiger partial charge is 0.414 e. The maximum Gasteiger partial charge on any atom is 0.414 e. The number of hydrogen-bond donors (Lipinski definition) is 4. The molecule has 1 atom stereocenters. The number of carboxylic acid groups (broad SMARTS) is 2. The predicted molar refractivity (Wildman–Crippen MR) is 56.8 cm³/mol. The van der Waals surface area contributed by atoms with Crippen LogP contribution in [0.2, 0.25) is 0 Å². The third kappa shape index (κ3) is 14.9. The number of carbonyl (C=O) groups is 3. The van der Waals surface area contributed by atoms with Crippen LogP contribution in [0.3, 0.4) is 0 Å². The lowest BCUT2D eigenvalue weighted by Gasteiger charge is -2.08. The van der Waals surface area contributed by atoms with Crippen LogP contribution in [0.1, 0.15) is 26.7 Å². The lowest BCUT2D eigenvalue weighted by atomic mass is 10.2. The molecule has 0 aromatic heterocycles. The summed E-state index contributed by atoms with van der Waals surface area (Å²) in [5, 5.41) is 17.9. The Balaban J connectivity index is 0. The van der Waals surface area contributed by atoms with Gasteiger partial charge in [0.2, 0.25) is 5.91 Å². The van der Waals surface area contributed by atoms with Gasteiger partial charge >= 0.3 is 11.9 Å². The van der Waals surface area contributed by atoms with Crippen molar-refractivity contribution in [3.8, 4) is 0 Å². The molecule has 0 radical (unpaired) electrons. The Labute approximate surface area is 93.6 Å². The molecule has 5 N–H and O–H groups in total. The van der Waals surface area contributed by atoms with E-state index in [9.17, 15) is 4.79 Å². The largest absolute Gasteiger partial charge is 0.473 e. The highest BCUT2D eigenvalue weighted by Crippen LogP contribution is 1.86. The molecule has 0 spiro atoms. The van der Waals surface area contributed by atoms with Gasteiger partial charge in [-0.25, -0.2) is 9.59 Å². The van der Waals surface area contributed by atoms with Crippen molar-refractivity contribution in [3.63, 3.8) is 0 Å². The van der Waals surface area contributed by atoms with Crippen molar-refractivity contribution in [2.24, 2.45) is 5.73 Å². The molecular formula is C9H18N2O5. The van der Waals surface area contributed by atoms with Gasteiger partial charge in [0.1, 0.15) is 0 Å². The fourth-order valence-electron chi connectivity index (χ4n) is 0.586. The van der Waals surface area contributed by atoms with Crippen LogP contribution in [-0.4, -0.2) is 40.6 Å². The summed E-state index contributed by atoms with van der Waals surface area (Å²) in [7, 11) is 0. The average Bonchev–Trinajstić information content (AvgIpc) is 2.17. The summed E-state index contributed by atoms with van der Waals surface area (Å²) in [6.07, 6.45) is 1.52. The van der Waals surface area contributed by atoms with Gasteiger partial charge in [-0.05, 0) is 13.3 Å². The molecule has 0 aromatic rings. The number of nitrogens with two attached hydrogens (primary N) is 1. The molecule has 1 amide bonds. The maximum absolute atomic E-state index is 10.3. The van der Waals surface area contributed by atoms with E-state index in [0.717, 1.165) is 6.42 Å². The Bertz CT molecular complexity index is 230. The maximum atomic E-state index is 10.3. The molecule has 0 fully saturated rings. The van der Waals surface area contributed by atoms with E-state index in [4.69, 9.17) is 25.5 Å². The molecule has 1 unspecified atom stereocenters. The van der Waals surface area contributed by atoms with Crippen LogP contribution in [0.25, 0.3) is 0 Å². The van der Waals surface area contributed by atoms with Crippen molar-refractivity contribution in [1.29, 1.82) is 0 Å². The van der Waals surface area contributed by atoms with E-state index < -0.39 is 11.9 Å². The quantitative estimate of drug-likeness (QED) is 0.470. The van der Waals surface area contributed by atoms with Crippen molar-refractivity contribution >= 4 is 17.8 Å². The first-order valence-corrected chi connectivity index (χ1v) is 4.79. The molecule has 7 nitrogen and oxygen atoms in total. The van der Waals surface area contributed by atoms with Crippen LogP contribution in [0.4, 0.5) is 0 Å². The van der Waals surface area contributed by atoms with Crippen LogP contribution in [0, 0.1) is 0 Å². The molecular weight excluding hydrogens is 216 g/mol. The van der Waals surface area contributed by atoms with Gasteiger partial charge in [0.25, 0.3) is 0 Å². The highest BCUT2D eigenvalue weighted by Gasteiger charge is 2.04. The van der Waals surface area contributed by atoms with E-state index in [1.54, 1.807) is 0 Å². The molecule has 0 rings (SSSR count). The van der Waals surface area contributed by atoms with Crippen LogP contribution < -0.4 is 11.1 Å². The number of carbonyl (C=O) groups excluding carboxylic acids is 1. The second-order valence-electron chi connectivity index (χ2n) is 3.09. The summed E-state index contributed by atoms with van der Waals surface area (Å²) >= 11 is 0. The fourth-order valence-corrected chi connectivity index (χ4v) is 0.586. The summed E-state index contributed by atoms with van der Waals surface area (Å²) in [6.45, 7) is 4.88. The minimum Gasteiger partial charge on any atom is -0.473 e. The second kappa shape index (κ2) is 9.91. The van der Waals surface area contributed by atoms with E-state index in [2.05, 4.69) is 19.2 Å². The summed E-state index contributed by atoms with van der Waals surface area (Å²) in [4.78, 5) is 28.5. The van der Waals surface area contributed by atoms with Gasteiger partial charge in [0.05, 0.1) is 0 Å². The average molecular weight is 234 g/mol. The van der Waals surface area contributed by atoms with Crippen molar-refractivity contribution in [3.05, 3.63) is 0 Å². The van der Waals surface area contributed by atoms with Crippen molar-refractivity contribution in [2.45, 2.75) is 32.7 Å². The van der Waals surface area contributed by atoms with Crippen molar-refractivity contribution in [1.82, 2.24) is 5.32 Å². The van der Waals surface area contributed by atoms with Gasteiger partial charge in [-0.3, -0.25) is 4.79 Å². The first-order valence-electron chi connectivity index (χ1n) is 4.79. The number of nitrogens with one attached hydrogen (secondary N) is 1. The highest BCUT2D eigenvalue weighted by atomic mass is 16.4. The molecule has 0 aromatic carbocycles. The van der Waals surface area contributed by atoms with Crippen LogP contribution in [-0.2, 0) is 14.4 Å². The topological polar surface area (TPSA) is 130 Å². The normalized spacial score (nSPS) is 10.9. The monoisotopic (exact) mass is 234 g/mol. The number of amides is 1. The number of hydrogen-bond acceptors (Lipinski definition) is 4. The lowest BCUT2D eigenvalue weighted by molar-refractivity contribution is -0.159. The third-order valence-corrected chi connectivity index (χ3v) is 1.66. The summed E-state index contributed by atoms with van der Waals surface area (Å²) in [6, 6.07) is 0.486. The first kappa shape index (κ1) is 16.8. The highest BCUT2D eigenvalue weighted by molar-refractivity contribution is 6.27. The number of rotatable bonds is 5. The molecule has 0 saturated heterocycles. The van der Waals surface area contributed by atoms with E-state index in [-0.39, 0.29) is 5.91 Å². The fraction of sp³-hybridized carbons (Fsp3) is 0.667. The number of primary amides is 1. The van der Waals surface area contributed by atoms with Gasteiger partial charge < -0.3 is 21.3 Å². The van der Waals surface area contributed by atoms with E-state index in [0.29, 0.717) is 19.0 Å². The minimum atomic E-state index is -1.82. The van der Waals surface area contributed by atoms with E-state index in [1.165, 1.54) is 0 Å². The van der Waals surface area contributed by atoms with Crippen molar-refractivity contribution < 1.29 is 24.6 Å². The lowest BCUT2D eigenvalue weighted by Crippen LogP contribution is -2.29. The second-order valence-corrected chi connectivity index (χ2v) is 3.09. The third-order valence-electron chi connectivity index (χ3n) is 1.66. The molecule has 0 saturated carbocycles. The summed E-state index contributed by atoms with van der Waals surface area (Å²) < 4.78 is 0. The van der Waals surface area contributed by atoms with Crippen LogP contribution in [0.15, 0.2) is 0 Å². The van der Waals surface area contributed by atoms with Gasteiger partial charge in [-0.15, -0.1) is 0 Å². The van der Waals surface area contributed by atoms with Gasteiger partial charge in [-0.2, -0.15) is 0 Å². The van der Waals surface area contributed by atoms with Gasteiger partial charge in [-0.1, -0.05) is 6.92 Å². The Morgan fingerprint density at radius 1 is 1.25 bits per heavy atom. The zero-order valence-corrected chi connectivity index (χ0v) is 9.40. The van der Waals surface area contributed by atoms with Gasteiger partial charge in [0.15, 0.2) is 0 Å². The Hall–Kier alpha value is -1.63. The number of carboxylic acids is 2. The van der Waals surface area contributed by atoms with Gasteiger partial charge in [0, 0.05) is 19.0 Å². The minimum absolute atomic E-state index is 0.240. The molecule has 0 bridgehead atoms. The zero-order chi connectivity index (χ0) is 13.1. The molecule has 0 heterocycles. The predicted octanol–water partition coefficient (Wildman–Crippen LogP) is -0.594. The number of aliphatic carboxylic acids is 2. The van der Waals surface area contributed by atoms with Crippen LogP contribution >= 0.6 is 0 Å². The summed E-state index contributed by atoms with van der Waals surface area (Å²) in [5.74, 6) is -3.89. The Morgan fingerprint density at radius 3 is 1.94 bits per heavy atom. The van der Waals surface area contributed by atoms with Crippen LogP contribution in [0.5, 0.6) is 0 Å². The molecule has 0 aliphatic rings. The SMILES string of the molecule is CCC(C)NCCC(N)=O.O=C(O)C(=O)O. The van der Waals surface area contributed by atoms with E-state index in [1.807, 2.05) is 0 Å². The molecule has 7 heteroatoms. The zero-order valence-electron chi connectivity index (χ0n) is 9.40. The van der Waals surface area contributed by atoms with E-state index >= 15 is 0 Å². The molecule has 0 aliphatic carbocycles. The molecule has 94 valence electrons. The first-order chi connectivity index (χ1) is 7.31. The molecule has 16 heavy (non-hydrogen) atoms.